The van der Waals surface area contributed by atoms with Crippen LogP contribution in [0.1, 0.15) is 19.4 Å². The van der Waals surface area contributed by atoms with E-state index < -0.39 is 10.0 Å². The zero-order chi connectivity index (χ0) is 12.2. The lowest BCUT2D eigenvalue weighted by Gasteiger charge is -2.01. The molecule has 0 spiro atoms. The van der Waals surface area contributed by atoms with Gasteiger partial charge in [-0.15, -0.1) is 0 Å². The minimum Gasteiger partial charge on any atom is -0.205 e. The molecule has 1 aromatic carbocycles. The van der Waals surface area contributed by atoms with Crippen LogP contribution in [-0.2, 0) is 10.0 Å². The van der Waals surface area contributed by atoms with Crippen molar-refractivity contribution in [2.24, 2.45) is 4.40 Å². The molecule has 0 aromatic heterocycles. The summed E-state index contributed by atoms with van der Waals surface area (Å²) in [6, 6.07) is 9.26. The van der Waals surface area contributed by atoms with Crippen molar-refractivity contribution in [3.05, 3.63) is 47.5 Å². The van der Waals surface area contributed by atoms with Crippen LogP contribution < -0.4 is 0 Å². The van der Waals surface area contributed by atoms with Crippen LogP contribution in [-0.4, -0.2) is 20.4 Å². The first-order valence-corrected chi connectivity index (χ1v) is 6.73. The Balaban J connectivity index is 3.29. The van der Waals surface area contributed by atoms with Crippen molar-refractivity contribution in [1.29, 1.82) is 0 Å². The minimum absolute atomic E-state index is 0.475. The van der Waals surface area contributed by atoms with Gasteiger partial charge in [-0.25, -0.2) is 8.42 Å². The highest BCUT2D eigenvalue weighted by Crippen LogP contribution is 2.06. The smallest absolute Gasteiger partial charge is 0.205 e. The van der Waals surface area contributed by atoms with Crippen molar-refractivity contribution in [2.75, 3.05) is 6.26 Å². The predicted molar refractivity (Wildman–Crippen MR) is 67.3 cm³/mol. The summed E-state index contributed by atoms with van der Waals surface area (Å²) >= 11 is 0. The summed E-state index contributed by atoms with van der Waals surface area (Å²) in [6.07, 6.45) is 2.85. The Labute approximate surface area is 96.6 Å². The van der Waals surface area contributed by atoms with Gasteiger partial charge < -0.3 is 0 Å². The molecule has 0 saturated carbocycles. The standard InChI is InChI=1S/C12H15NO2S/c1-10(2)9-12(13-16(3,14)15)11-7-5-4-6-8-11/h4-9H,1-3H3/b13-12-. The van der Waals surface area contributed by atoms with E-state index in [1.54, 1.807) is 6.08 Å². The molecule has 0 radical (unpaired) electrons. The summed E-state index contributed by atoms with van der Waals surface area (Å²) in [6.45, 7) is 3.81. The second-order valence-corrected chi connectivity index (χ2v) is 5.45. The quantitative estimate of drug-likeness (QED) is 0.758. The maximum absolute atomic E-state index is 11.2. The van der Waals surface area contributed by atoms with Crippen LogP contribution in [0.15, 0.2) is 46.4 Å². The molecule has 0 fully saturated rings. The van der Waals surface area contributed by atoms with E-state index in [1.165, 1.54) is 0 Å². The van der Waals surface area contributed by atoms with E-state index in [9.17, 15) is 8.42 Å². The molecule has 1 rings (SSSR count). The highest BCUT2D eigenvalue weighted by Gasteiger charge is 2.04. The molecule has 0 bridgehead atoms. The molecule has 86 valence electrons. The first-order valence-electron chi connectivity index (χ1n) is 4.89. The molecule has 3 nitrogen and oxygen atoms in total. The summed E-state index contributed by atoms with van der Waals surface area (Å²) in [4.78, 5) is 0. The maximum Gasteiger partial charge on any atom is 0.250 e. The predicted octanol–water partition coefficient (Wildman–Crippen LogP) is 2.40. The fourth-order valence-electron chi connectivity index (χ4n) is 1.22. The van der Waals surface area contributed by atoms with Crippen LogP contribution >= 0.6 is 0 Å². The van der Waals surface area contributed by atoms with E-state index in [4.69, 9.17) is 0 Å². The van der Waals surface area contributed by atoms with Crippen LogP contribution in [0.4, 0.5) is 0 Å². The average molecular weight is 237 g/mol. The van der Waals surface area contributed by atoms with E-state index in [1.807, 2.05) is 44.2 Å². The fourth-order valence-corrected chi connectivity index (χ4v) is 1.74. The molecule has 0 aliphatic carbocycles. The zero-order valence-corrected chi connectivity index (χ0v) is 10.5. The molecule has 0 aliphatic heterocycles. The van der Waals surface area contributed by atoms with Gasteiger partial charge in [-0.2, -0.15) is 4.40 Å². The molecule has 0 atom stereocenters. The molecule has 0 N–H and O–H groups in total. The van der Waals surface area contributed by atoms with Gasteiger partial charge in [-0.05, 0) is 19.9 Å². The number of benzene rings is 1. The first kappa shape index (κ1) is 12.6. The lowest BCUT2D eigenvalue weighted by molar-refractivity contribution is 0.604. The Hall–Kier alpha value is -1.42. The molecule has 0 heterocycles. The van der Waals surface area contributed by atoms with Gasteiger partial charge in [-0.1, -0.05) is 35.9 Å². The Morgan fingerprint density at radius 2 is 1.75 bits per heavy atom. The van der Waals surface area contributed by atoms with Gasteiger partial charge >= 0.3 is 0 Å². The van der Waals surface area contributed by atoms with Gasteiger partial charge in [0, 0.05) is 5.56 Å². The lowest BCUT2D eigenvalue weighted by atomic mass is 10.1. The number of hydrogen-bond donors (Lipinski definition) is 0. The summed E-state index contributed by atoms with van der Waals surface area (Å²) in [5.74, 6) is 0. The highest BCUT2D eigenvalue weighted by molar-refractivity contribution is 7.89. The molecule has 0 saturated heterocycles. The minimum atomic E-state index is -3.37. The van der Waals surface area contributed by atoms with Crippen LogP contribution in [0.25, 0.3) is 0 Å². The van der Waals surface area contributed by atoms with Gasteiger partial charge in [0.1, 0.15) is 0 Å². The van der Waals surface area contributed by atoms with Gasteiger partial charge in [0.15, 0.2) is 0 Å². The first-order chi connectivity index (χ1) is 7.38. The summed E-state index contributed by atoms with van der Waals surface area (Å²) in [5, 5.41) is 0. The average Bonchev–Trinajstić information content (AvgIpc) is 2.15. The second kappa shape index (κ2) is 5.07. The number of allylic oxidation sites excluding steroid dienone is 2. The topological polar surface area (TPSA) is 46.5 Å². The van der Waals surface area contributed by atoms with Crippen molar-refractivity contribution >= 4 is 15.7 Å². The van der Waals surface area contributed by atoms with Crippen LogP contribution in [0, 0.1) is 0 Å². The summed E-state index contributed by atoms with van der Waals surface area (Å²) < 4.78 is 26.1. The van der Waals surface area contributed by atoms with E-state index in [-0.39, 0.29) is 0 Å². The van der Waals surface area contributed by atoms with Crippen molar-refractivity contribution in [3.63, 3.8) is 0 Å². The maximum atomic E-state index is 11.2. The number of hydrogen-bond acceptors (Lipinski definition) is 2. The Kier molecular flexibility index (Phi) is 4.01. The highest BCUT2D eigenvalue weighted by atomic mass is 32.2. The summed E-state index contributed by atoms with van der Waals surface area (Å²) in [5.41, 5.74) is 2.28. The van der Waals surface area contributed by atoms with Gasteiger partial charge in [0.2, 0.25) is 0 Å². The fraction of sp³-hybridized carbons (Fsp3) is 0.250. The third-order valence-corrected chi connectivity index (χ3v) is 2.29. The molecule has 0 amide bonds. The van der Waals surface area contributed by atoms with Gasteiger partial charge in [-0.3, -0.25) is 0 Å². The van der Waals surface area contributed by atoms with E-state index in [0.717, 1.165) is 17.4 Å². The number of rotatable bonds is 3. The normalized spacial score (nSPS) is 12.3. The molecular weight excluding hydrogens is 222 g/mol. The van der Waals surface area contributed by atoms with Crippen molar-refractivity contribution < 1.29 is 8.42 Å². The van der Waals surface area contributed by atoms with E-state index >= 15 is 0 Å². The molecule has 0 unspecified atom stereocenters. The van der Waals surface area contributed by atoms with Crippen LogP contribution in [0.2, 0.25) is 0 Å². The Morgan fingerprint density at radius 1 is 1.19 bits per heavy atom. The SMILES string of the molecule is CC(C)=C/C(=N/S(C)(=O)=O)c1ccccc1. The van der Waals surface area contributed by atoms with Gasteiger partial charge in [0.05, 0.1) is 12.0 Å². The van der Waals surface area contributed by atoms with E-state index in [2.05, 4.69) is 4.40 Å². The lowest BCUT2D eigenvalue weighted by Crippen LogP contribution is -2.02. The Bertz CT molecular complexity index is 509. The van der Waals surface area contributed by atoms with Crippen LogP contribution in [0.3, 0.4) is 0 Å². The molecule has 16 heavy (non-hydrogen) atoms. The van der Waals surface area contributed by atoms with Crippen molar-refractivity contribution in [1.82, 2.24) is 0 Å². The molecule has 4 heteroatoms. The summed E-state index contributed by atoms with van der Waals surface area (Å²) in [7, 11) is -3.37. The Morgan fingerprint density at radius 3 is 2.19 bits per heavy atom. The molecule has 0 aliphatic rings. The number of sulfonamides is 1. The number of nitrogens with zero attached hydrogens (tertiary/aromatic N) is 1. The largest absolute Gasteiger partial charge is 0.250 e. The zero-order valence-electron chi connectivity index (χ0n) is 9.64. The third kappa shape index (κ3) is 4.40. The van der Waals surface area contributed by atoms with Crippen LogP contribution in [0.5, 0.6) is 0 Å². The molecule has 1 aromatic rings. The van der Waals surface area contributed by atoms with Crippen molar-refractivity contribution in [2.45, 2.75) is 13.8 Å². The third-order valence-electron chi connectivity index (χ3n) is 1.76. The van der Waals surface area contributed by atoms with Gasteiger partial charge in [0.25, 0.3) is 10.0 Å². The van der Waals surface area contributed by atoms with Crippen molar-refractivity contribution in [3.8, 4) is 0 Å². The molecular formula is C12H15NO2S. The second-order valence-electron chi connectivity index (χ2n) is 3.80. The monoisotopic (exact) mass is 237 g/mol. The van der Waals surface area contributed by atoms with E-state index in [0.29, 0.717) is 5.71 Å².